The van der Waals surface area contributed by atoms with Crippen molar-refractivity contribution in [3.05, 3.63) is 29.8 Å². The van der Waals surface area contributed by atoms with Crippen LogP contribution in [-0.4, -0.2) is 51.4 Å². The van der Waals surface area contributed by atoms with Gasteiger partial charge in [-0.05, 0) is 30.4 Å². The Hall–Kier alpha value is -2.44. The second kappa shape index (κ2) is 8.97. The van der Waals surface area contributed by atoms with Crippen molar-refractivity contribution in [3.63, 3.8) is 0 Å². The van der Waals surface area contributed by atoms with Crippen LogP contribution in [0.15, 0.2) is 29.2 Å². The third kappa shape index (κ3) is 5.77. The molecule has 1 aromatic carbocycles. The van der Waals surface area contributed by atoms with Crippen molar-refractivity contribution in [2.75, 3.05) is 26.2 Å². The molecular formula is C18H23N3O5S. The van der Waals surface area contributed by atoms with E-state index in [-0.39, 0.29) is 16.4 Å². The number of nitriles is 1. The van der Waals surface area contributed by atoms with E-state index >= 15 is 0 Å². The predicted octanol–water partition coefficient (Wildman–Crippen LogP) is 0.884. The van der Waals surface area contributed by atoms with Crippen molar-refractivity contribution in [1.29, 1.82) is 5.26 Å². The summed E-state index contributed by atoms with van der Waals surface area (Å²) in [5, 5.41) is 8.99. The number of amides is 1. The zero-order chi connectivity index (χ0) is 20.0. The average molecular weight is 393 g/mol. The highest BCUT2D eigenvalue weighted by Gasteiger charge is 2.26. The minimum Gasteiger partial charge on any atom is -0.455 e. The van der Waals surface area contributed by atoms with E-state index in [0.29, 0.717) is 24.9 Å². The zero-order valence-corrected chi connectivity index (χ0v) is 16.2. The van der Waals surface area contributed by atoms with Gasteiger partial charge in [0.05, 0.1) is 10.5 Å². The molecule has 0 spiro atoms. The van der Waals surface area contributed by atoms with E-state index in [1.807, 2.05) is 0 Å². The van der Waals surface area contributed by atoms with Crippen molar-refractivity contribution in [2.24, 2.45) is 11.8 Å². The summed E-state index contributed by atoms with van der Waals surface area (Å²) < 4.78 is 31.4. The van der Waals surface area contributed by atoms with Gasteiger partial charge in [-0.3, -0.25) is 9.59 Å². The number of hydrogen-bond donors (Lipinski definition) is 1. The van der Waals surface area contributed by atoms with Crippen LogP contribution in [0.25, 0.3) is 0 Å². The molecule has 1 heterocycles. The standard InChI is InChI=1S/C18H23N3O5S/c1-13-7-14(2)11-21(10-13)17(22)12-26-18(23)9-20-27(24,25)16-6-4-3-5-15(16)8-19/h3-6,13-14,20H,7,9-12H2,1-2H3/t13-,14-/m1/s1. The molecule has 0 aromatic heterocycles. The maximum Gasteiger partial charge on any atom is 0.321 e. The van der Waals surface area contributed by atoms with E-state index in [2.05, 4.69) is 18.6 Å². The fourth-order valence-electron chi connectivity index (χ4n) is 3.18. The minimum absolute atomic E-state index is 0.0260. The molecule has 1 saturated heterocycles. The molecule has 0 aliphatic carbocycles. The summed E-state index contributed by atoms with van der Waals surface area (Å²) in [5.74, 6) is -0.375. The van der Waals surface area contributed by atoms with E-state index in [9.17, 15) is 18.0 Å². The Kier molecular flexibility index (Phi) is 6.93. The first-order valence-electron chi connectivity index (χ1n) is 8.65. The average Bonchev–Trinajstić information content (AvgIpc) is 2.63. The van der Waals surface area contributed by atoms with Crippen molar-refractivity contribution in [2.45, 2.75) is 25.2 Å². The minimum atomic E-state index is -4.04. The van der Waals surface area contributed by atoms with Crippen LogP contribution >= 0.6 is 0 Å². The van der Waals surface area contributed by atoms with E-state index in [4.69, 9.17) is 10.00 Å². The number of ether oxygens (including phenoxy) is 1. The highest BCUT2D eigenvalue weighted by molar-refractivity contribution is 7.89. The van der Waals surface area contributed by atoms with Crippen molar-refractivity contribution < 1.29 is 22.7 Å². The molecule has 2 rings (SSSR count). The van der Waals surface area contributed by atoms with Gasteiger partial charge in [-0.25, -0.2) is 8.42 Å². The maximum absolute atomic E-state index is 12.2. The van der Waals surface area contributed by atoms with Gasteiger partial charge in [0.2, 0.25) is 10.0 Å². The van der Waals surface area contributed by atoms with Crippen molar-refractivity contribution in [1.82, 2.24) is 9.62 Å². The van der Waals surface area contributed by atoms with Gasteiger partial charge >= 0.3 is 5.97 Å². The van der Waals surface area contributed by atoms with Crippen molar-refractivity contribution in [3.8, 4) is 6.07 Å². The van der Waals surface area contributed by atoms with Crippen LogP contribution in [0.4, 0.5) is 0 Å². The summed E-state index contributed by atoms with van der Waals surface area (Å²) >= 11 is 0. The Balaban J connectivity index is 1.85. The largest absolute Gasteiger partial charge is 0.455 e. The number of likely N-dealkylation sites (tertiary alicyclic amines) is 1. The fourth-order valence-corrected chi connectivity index (χ4v) is 4.30. The molecule has 9 heteroatoms. The van der Waals surface area contributed by atoms with Crippen LogP contribution < -0.4 is 4.72 Å². The van der Waals surface area contributed by atoms with E-state index in [1.165, 1.54) is 18.2 Å². The Morgan fingerprint density at radius 1 is 1.26 bits per heavy atom. The van der Waals surface area contributed by atoms with Crippen LogP contribution in [0, 0.1) is 23.2 Å². The molecule has 1 aliphatic heterocycles. The second-order valence-electron chi connectivity index (χ2n) is 6.84. The lowest BCUT2D eigenvalue weighted by Crippen LogP contribution is -2.44. The molecule has 2 atom stereocenters. The van der Waals surface area contributed by atoms with E-state index < -0.39 is 29.1 Å². The summed E-state index contributed by atoms with van der Waals surface area (Å²) in [7, 11) is -4.04. The molecule has 1 fully saturated rings. The van der Waals surface area contributed by atoms with Crippen LogP contribution in [0.3, 0.4) is 0 Å². The molecule has 1 N–H and O–H groups in total. The number of nitrogens with zero attached hydrogens (tertiary/aromatic N) is 2. The lowest BCUT2D eigenvalue weighted by atomic mass is 9.92. The zero-order valence-electron chi connectivity index (χ0n) is 15.3. The number of hydrogen-bond acceptors (Lipinski definition) is 6. The number of nitrogens with one attached hydrogen (secondary N) is 1. The quantitative estimate of drug-likeness (QED) is 0.717. The normalized spacial score (nSPS) is 20.0. The van der Waals surface area contributed by atoms with Crippen LogP contribution in [0.2, 0.25) is 0 Å². The molecule has 8 nitrogen and oxygen atoms in total. The highest BCUT2D eigenvalue weighted by Crippen LogP contribution is 2.20. The van der Waals surface area contributed by atoms with E-state index in [1.54, 1.807) is 17.0 Å². The van der Waals surface area contributed by atoms with Gasteiger partial charge in [-0.2, -0.15) is 9.98 Å². The SMILES string of the molecule is C[C@@H]1C[C@@H](C)CN(C(=O)COC(=O)CNS(=O)(=O)c2ccccc2C#N)C1. The molecule has 27 heavy (non-hydrogen) atoms. The summed E-state index contributed by atoms with van der Waals surface area (Å²) in [6, 6.07) is 7.45. The smallest absolute Gasteiger partial charge is 0.321 e. The summed E-state index contributed by atoms with van der Waals surface area (Å²) in [5.41, 5.74) is -0.0260. The third-order valence-electron chi connectivity index (χ3n) is 4.28. The monoisotopic (exact) mass is 393 g/mol. The van der Waals surface area contributed by atoms with Gasteiger partial charge in [-0.1, -0.05) is 26.0 Å². The first-order valence-corrected chi connectivity index (χ1v) is 10.1. The first-order chi connectivity index (χ1) is 12.7. The Morgan fingerprint density at radius 2 is 1.89 bits per heavy atom. The van der Waals surface area contributed by atoms with Gasteiger partial charge in [0.15, 0.2) is 6.61 Å². The third-order valence-corrected chi connectivity index (χ3v) is 5.74. The molecule has 146 valence electrons. The number of benzene rings is 1. The molecular weight excluding hydrogens is 370 g/mol. The molecule has 1 aliphatic rings. The number of sulfonamides is 1. The molecule has 0 saturated carbocycles. The van der Waals surface area contributed by atoms with Gasteiger partial charge in [0.1, 0.15) is 12.6 Å². The molecule has 1 amide bonds. The Labute approximate surface area is 159 Å². The summed E-state index contributed by atoms with van der Waals surface area (Å²) in [4.78, 5) is 25.4. The summed E-state index contributed by atoms with van der Waals surface area (Å²) in [6.45, 7) is 4.33. The van der Waals surface area contributed by atoms with Crippen LogP contribution in [0.1, 0.15) is 25.8 Å². The maximum atomic E-state index is 12.2. The Morgan fingerprint density at radius 3 is 2.52 bits per heavy atom. The predicted molar refractivity (Wildman–Crippen MR) is 96.8 cm³/mol. The topological polar surface area (TPSA) is 117 Å². The van der Waals surface area contributed by atoms with Gasteiger partial charge in [0.25, 0.3) is 5.91 Å². The number of carbonyl (C=O) groups is 2. The highest BCUT2D eigenvalue weighted by atomic mass is 32.2. The lowest BCUT2D eigenvalue weighted by Gasteiger charge is -2.34. The van der Waals surface area contributed by atoms with Crippen LogP contribution in [0.5, 0.6) is 0 Å². The van der Waals surface area contributed by atoms with Crippen molar-refractivity contribution >= 4 is 21.9 Å². The molecule has 0 bridgehead atoms. The first kappa shape index (κ1) is 20.9. The molecule has 1 aromatic rings. The van der Waals surface area contributed by atoms with Gasteiger partial charge < -0.3 is 9.64 Å². The number of esters is 1. The van der Waals surface area contributed by atoms with Crippen LogP contribution in [-0.2, 0) is 24.3 Å². The number of piperidine rings is 1. The summed E-state index contributed by atoms with van der Waals surface area (Å²) in [6.07, 6.45) is 1.05. The molecule has 0 unspecified atom stereocenters. The fraction of sp³-hybridized carbons (Fsp3) is 0.500. The number of carbonyl (C=O) groups excluding carboxylic acids is 2. The van der Waals surface area contributed by atoms with E-state index in [0.717, 1.165) is 6.42 Å². The number of rotatable bonds is 6. The Bertz CT molecular complexity index is 837. The lowest BCUT2D eigenvalue weighted by molar-refractivity contribution is -0.152. The molecule has 0 radical (unpaired) electrons. The van der Waals surface area contributed by atoms with Gasteiger partial charge in [-0.15, -0.1) is 0 Å². The second-order valence-corrected chi connectivity index (χ2v) is 8.57. The van der Waals surface area contributed by atoms with Gasteiger partial charge in [0, 0.05) is 13.1 Å².